The molecule has 7 nitrogen and oxygen atoms in total. The first kappa shape index (κ1) is 30.2. The van der Waals surface area contributed by atoms with Gasteiger partial charge in [0.2, 0.25) is 11.8 Å². The molecule has 1 unspecified atom stereocenters. The second-order valence-corrected chi connectivity index (χ2v) is 12.1. The van der Waals surface area contributed by atoms with Gasteiger partial charge in [0.15, 0.2) is 0 Å². The molecule has 0 aliphatic heterocycles. The molecule has 3 aromatic rings. The van der Waals surface area contributed by atoms with E-state index in [0.29, 0.717) is 34.8 Å². The highest BCUT2D eigenvalue weighted by Gasteiger charge is 2.34. The fourth-order valence-corrected chi connectivity index (χ4v) is 5.92. The number of anilines is 1. The molecule has 39 heavy (non-hydrogen) atoms. The summed E-state index contributed by atoms with van der Waals surface area (Å²) in [6.07, 6.45) is 0.343. The number of sulfonamides is 1. The fraction of sp³-hybridized carbons (Fsp3) is 0.333. The molecule has 0 aromatic heterocycles. The van der Waals surface area contributed by atoms with Crippen molar-refractivity contribution in [3.8, 4) is 0 Å². The number of carbonyl (C=O) groups excluding carboxylic acids is 2. The molecule has 3 rings (SSSR count). The minimum atomic E-state index is -4.10. The molecule has 0 radical (unpaired) electrons. The maximum Gasteiger partial charge on any atom is 0.264 e. The summed E-state index contributed by atoms with van der Waals surface area (Å²) in [4.78, 5) is 28.8. The summed E-state index contributed by atoms with van der Waals surface area (Å²) in [6, 6.07) is 21.3. The molecule has 208 valence electrons. The molecule has 0 heterocycles. The van der Waals surface area contributed by atoms with Crippen molar-refractivity contribution in [3.05, 3.63) is 95.0 Å². The Morgan fingerprint density at radius 3 is 2.15 bits per heavy atom. The van der Waals surface area contributed by atoms with Crippen LogP contribution in [0.5, 0.6) is 0 Å². The number of hydrogen-bond donors (Lipinski definition) is 1. The zero-order chi connectivity index (χ0) is 28.6. The number of nitrogens with zero attached hydrogens (tertiary/aromatic N) is 2. The van der Waals surface area contributed by atoms with Gasteiger partial charge in [-0.15, -0.1) is 0 Å². The van der Waals surface area contributed by atoms with E-state index >= 15 is 0 Å². The summed E-state index contributed by atoms with van der Waals surface area (Å²) in [6.45, 7) is 7.63. The lowest BCUT2D eigenvalue weighted by Crippen LogP contribution is -2.52. The highest BCUT2D eigenvalue weighted by Crippen LogP contribution is 2.28. The standard InChI is InChI=1S/C30H36ClN3O4S/c1-5-27(30(36)32-19-22(2)3)33(20-24-14-10-11-17-26(24)31)29(35)21-34(28-18-12-9-13-23(28)4)39(37,38)25-15-7-6-8-16-25/h6-18,22,27H,5,19-21H2,1-4H3,(H,32,36). The number of aryl methyl sites for hydroxylation is 1. The van der Waals surface area contributed by atoms with Crippen molar-refractivity contribution in [2.75, 3.05) is 17.4 Å². The van der Waals surface area contributed by atoms with Gasteiger partial charge < -0.3 is 10.2 Å². The zero-order valence-corrected chi connectivity index (χ0v) is 24.4. The van der Waals surface area contributed by atoms with Crippen LogP contribution in [0.1, 0.15) is 38.3 Å². The van der Waals surface area contributed by atoms with Gasteiger partial charge in [-0.25, -0.2) is 8.42 Å². The van der Waals surface area contributed by atoms with E-state index < -0.39 is 28.5 Å². The second kappa shape index (κ2) is 13.6. The van der Waals surface area contributed by atoms with E-state index in [1.807, 2.05) is 32.9 Å². The molecule has 1 N–H and O–H groups in total. The van der Waals surface area contributed by atoms with Crippen molar-refractivity contribution in [2.24, 2.45) is 5.92 Å². The third-order valence-corrected chi connectivity index (χ3v) is 8.51. The predicted molar refractivity (Wildman–Crippen MR) is 156 cm³/mol. The Balaban J connectivity index is 2.06. The molecule has 0 saturated carbocycles. The Kier molecular flexibility index (Phi) is 10.5. The van der Waals surface area contributed by atoms with Crippen LogP contribution in [-0.2, 0) is 26.2 Å². The van der Waals surface area contributed by atoms with Crippen LogP contribution in [0.2, 0.25) is 5.02 Å². The van der Waals surface area contributed by atoms with Crippen molar-refractivity contribution >= 4 is 39.1 Å². The summed E-state index contributed by atoms with van der Waals surface area (Å²) in [5, 5.41) is 3.38. The van der Waals surface area contributed by atoms with Gasteiger partial charge in [0.1, 0.15) is 12.6 Å². The molecular weight excluding hydrogens is 534 g/mol. The summed E-state index contributed by atoms with van der Waals surface area (Å²) in [7, 11) is -4.10. The molecule has 2 amide bonds. The van der Waals surface area contributed by atoms with Crippen LogP contribution in [0, 0.1) is 12.8 Å². The summed E-state index contributed by atoms with van der Waals surface area (Å²) >= 11 is 6.43. The van der Waals surface area contributed by atoms with Gasteiger partial charge in [0.25, 0.3) is 10.0 Å². The van der Waals surface area contributed by atoms with E-state index in [1.54, 1.807) is 61.5 Å². The van der Waals surface area contributed by atoms with E-state index in [9.17, 15) is 18.0 Å². The maximum atomic E-state index is 14.1. The van der Waals surface area contributed by atoms with Crippen LogP contribution in [-0.4, -0.2) is 44.3 Å². The zero-order valence-electron chi connectivity index (χ0n) is 22.8. The largest absolute Gasteiger partial charge is 0.354 e. The van der Waals surface area contributed by atoms with Crippen LogP contribution in [0.4, 0.5) is 5.69 Å². The monoisotopic (exact) mass is 569 g/mol. The number of halogens is 1. The Hall–Kier alpha value is -3.36. The van der Waals surface area contributed by atoms with E-state index in [1.165, 1.54) is 17.0 Å². The van der Waals surface area contributed by atoms with Gasteiger partial charge >= 0.3 is 0 Å². The predicted octanol–water partition coefficient (Wildman–Crippen LogP) is 5.42. The lowest BCUT2D eigenvalue weighted by Gasteiger charge is -2.33. The van der Waals surface area contributed by atoms with Crippen molar-refractivity contribution in [3.63, 3.8) is 0 Å². The van der Waals surface area contributed by atoms with Gasteiger partial charge in [-0.2, -0.15) is 0 Å². The number of nitrogens with one attached hydrogen (secondary N) is 1. The van der Waals surface area contributed by atoms with Crippen LogP contribution in [0.25, 0.3) is 0 Å². The van der Waals surface area contributed by atoms with Gasteiger partial charge in [-0.3, -0.25) is 13.9 Å². The van der Waals surface area contributed by atoms with Gasteiger partial charge in [0, 0.05) is 18.1 Å². The third kappa shape index (κ3) is 7.61. The molecule has 0 bridgehead atoms. The average molecular weight is 570 g/mol. The molecule has 0 spiro atoms. The summed E-state index contributed by atoms with van der Waals surface area (Å²) in [5.41, 5.74) is 1.75. The Morgan fingerprint density at radius 1 is 0.923 bits per heavy atom. The topological polar surface area (TPSA) is 86.8 Å². The summed E-state index contributed by atoms with van der Waals surface area (Å²) in [5.74, 6) is -0.573. The number of amides is 2. The third-order valence-electron chi connectivity index (χ3n) is 6.36. The molecule has 0 saturated heterocycles. The quantitative estimate of drug-likeness (QED) is 0.315. The first-order chi connectivity index (χ1) is 18.6. The van der Waals surface area contributed by atoms with Gasteiger partial charge in [-0.1, -0.05) is 87.0 Å². The molecule has 9 heteroatoms. The molecule has 1 atom stereocenters. The molecule has 0 aliphatic rings. The van der Waals surface area contributed by atoms with Crippen LogP contribution in [0.3, 0.4) is 0 Å². The average Bonchev–Trinajstić information content (AvgIpc) is 2.92. The van der Waals surface area contributed by atoms with Gasteiger partial charge in [0.05, 0.1) is 10.6 Å². The number of carbonyl (C=O) groups is 2. The Labute approximate surface area is 236 Å². The van der Waals surface area contributed by atoms with Crippen molar-refractivity contribution in [2.45, 2.75) is 51.6 Å². The van der Waals surface area contributed by atoms with Crippen molar-refractivity contribution in [1.29, 1.82) is 0 Å². The smallest absolute Gasteiger partial charge is 0.264 e. The maximum absolute atomic E-state index is 14.1. The van der Waals surface area contributed by atoms with Crippen molar-refractivity contribution < 1.29 is 18.0 Å². The molecular formula is C30H36ClN3O4S. The van der Waals surface area contributed by atoms with E-state index in [4.69, 9.17) is 11.6 Å². The normalized spacial score (nSPS) is 12.2. The van der Waals surface area contributed by atoms with Crippen LogP contribution in [0.15, 0.2) is 83.8 Å². The van der Waals surface area contributed by atoms with Crippen molar-refractivity contribution in [1.82, 2.24) is 10.2 Å². The minimum Gasteiger partial charge on any atom is -0.354 e. The van der Waals surface area contributed by atoms with Crippen LogP contribution >= 0.6 is 11.6 Å². The molecule has 0 fully saturated rings. The first-order valence-corrected chi connectivity index (χ1v) is 14.8. The Morgan fingerprint density at radius 2 is 1.54 bits per heavy atom. The SMILES string of the molecule is CCC(C(=O)NCC(C)C)N(Cc1ccccc1Cl)C(=O)CN(c1ccccc1C)S(=O)(=O)c1ccccc1. The highest BCUT2D eigenvalue weighted by atomic mass is 35.5. The Bertz CT molecular complexity index is 1380. The molecule has 3 aromatic carbocycles. The second-order valence-electron chi connectivity index (χ2n) is 9.79. The van der Waals surface area contributed by atoms with Gasteiger partial charge in [-0.05, 0) is 54.7 Å². The van der Waals surface area contributed by atoms with E-state index in [0.717, 1.165) is 4.31 Å². The van der Waals surface area contributed by atoms with E-state index in [2.05, 4.69) is 5.32 Å². The fourth-order valence-electron chi connectivity index (χ4n) is 4.23. The lowest BCUT2D eigenvalue weighted by molar-refractivity contribution is -0.140. The highest BCUT2D eigenvalue weighted by molar-refractivity contribution is 7.92. The number of rotatable bonds is 12. The van der Waals surface area contributed by atoms with Crippen LogP contribution < -0.4 is 9.62 Å². The van der Waals surface area contributed by atoms with E-state index in [-0.39, 0.29) is 23.3 Å². The lowest BCUT2D eigenvalue weighted by atomic mass is 10.1. The molecule has 0 aliphatic carbocycles. The number of benzene rings is 3. The number of hydrogen-bond acceptors (Lipinski definition) is 4. The summed E-state index contributed by atoms with van der Waals surface area (Å²) < 4.78 is 28.8. The number of para-hydroxylation sites is 1. The minimum absolute atomic E-state index is 0.0547. The first-order valence-electron chi connectivity index (χ1n) is 13.0.